The molecule has 1 amide bonds. The van der Waals surface area contributed by atoms with Crippen molar-refractivity contribution in [1.29, 1.82) is 0 Å². The third kappa shape index (κ3) is 3.62. The molecular formula is C15H11Cl3N4OS. The van der Waals surface area contributed by atoms with E-state index >= 15 is 0 Å². The van der Waals surface area contributed by atoms with Gasteiger partial charge >= 0.3 is 0 Å². The molecule has 1 atom stereocenters. The van der Waals surface area contributed by atoms with E-state index in [1.807, 2.05) is 28.8 Å². The Balaban J connectivity index is 1.74. The number of nitrogens with one attached hydrogen (secondary N) is 1. The third-order valence-electron chi connectivity index (χ3n) is 3.20. The van der Waals surface area contributed by atoms with Crippen LogP contribution in [0.15, 0.2) is 41.7 Å². The fourth-order valence-corrected chi connectivity index (χ4v) is 3.40. The molecule has 9 heteroatoms. The van der Waals surface area contributed by atoms with Crippen LogP contribution in [0.3, 0.4) is 0 Å². The van der Waals surface area contributed by atoms with E-state index in [1.165, 1.54) is 23.9 Å². The second kappa shape index (κ2) is 7.19. The van der Waals surface area contributed by atoms with Gasteiger partial charge < -0.3 is 5.32 Å². The normalized spacial score (nSPS) is 12.3. The van der Waals surface area contributed by atoms with Gasteiger partial charge in [0.2, 0.25) is 5.91 Å². The van der Waals surface area contributed by atoms with Crippen LogP contribution >= 0.6 is 46.6 Å². The summed E-state index contributed by atoms with van der Waals surface area (Å²) in [5.41, 5.74) is 1.13. The number of benzene rings is 1. The number of carbonyl (C=O) groups excluding carboxylic acids is 1. The SMILES string of the molecule is CC(Sc1nnc2ccccn12)C(=O)Nc1cc(Cl)c(Cl)cc1Cl. The Kier molecular flexibility index (Phi) is 5.20. The molecule has 0 aliphatic rings. The quantitative estimate of drug-likeness (QED) is 0.503. The van der Waals surface area contributed by atoms with E-state index < -0.39 is 5.25 Å². The average molecular weight is 402 g/mol. The summed E-state index contributed by atoms with van der Waals surface area (Å²) < 4.78 is 1.82. The molecule has 5 nitrogen and oxygen atoms in total. The van der Waals surface area contributed by atoms with Crippen molar-refractivity contribution < 1.29 is 4.79 Å². The predicted molar refractivity (Wildman–Crippen MR) is 98.4 cm³/mol. The summed E-state index contributed by atoms with van der Waals surface area (Å²) in [7, 11) is 0. The largest absolute Gasteiger partial charge is 0.324 e. The Morgan fingerprint density at radius 3 is 2.71 bits per heavy atom. The molecule has 124 valence electrons. The van der Waals surface area contributed by atoms with Crippen LogP contribution in [-0.4, -0.2) is 25.8 Å². The molecule has 2 heterocycles. The van der Waals surface area contributed by atoms with Gasteiger partial charge in [0.05, 0.1) is 26.0 Å². The fourth-order valence-electron chi connectivity index (χ4n) is 1.96. The molecule has 1 N–H and O–H groups in total. The molecule has 0 radical (unpaired) electrons. The Morgan fingerprint density at radius 1 is 1.17 bits per heavy atom. The Hall–Kier alpha value is -1.47. The standard InChI is InChI=1S/C15H11Cl3N4OS/c1-8(24-15-21-20-13-4-2-3-5-22(13)15)14(23)19-12-7-10(17)9(16)6-11(12)18/h2-8H,1H3,(H,19,23). The zero-order valence-corrected chi connectivity index (χ0v) is 15.4. The van der Waals surface area contributed by atoms with E-state index in [1.54, 1.807) is 6.92 Å². The van der Waals surface area contributed by atoms with Crippen molar-refractivity contribution in [2.45, 2.75) is 17.3 Å². The van der Waals surface area contributed by atoms with Crippen molar-refractivity contribution in [2.75, 3.05) is 5.32 Å². The number of amides is 1. The van der Waals surface area contributed by atoms with Crippen LogP contribution in [0.25, 0.3) is 5.65 Å². The topological polar surface area (TPSA) is 59.3 Å². The Morgan fingerprint density at radius 2 is 1.92 bits per heavy atom. The number of hydrogen-bond donors (Lipinski definition) is 1. The van der Waals surface area contributed by atoms with E-state index in [0.717, 1.165) is 5.65 Å². The summed E-state index contributed by atoms with van der Waals surface area (Å²) in [6, 6.07) is 8.61. The van der Waals surface area contributed by atoms with Crippen molar-refractivity contribution >= 4 is 63.8 Å². The number of anilines is 1. The van der Waals surface area contributed by atoms with Crippen LogP contribution in [0.4, 0.5) is 5.69 Å². The van der Waals surface area contributed by atoms with Gasteiger partial charge in [-0.15, -0.1) is 10.2 Å². The van der Waals surface area contributed by atoms with Gasteiger partial charge in [-0.05, 0) is 31.2 Å². The molecule has 3 aromatic rings. The van der Waals surface area contributed by atoms with Gasteiger partial charge in [-0.3, -0.25) is 9.20 Å². The molecule has 1 aromatic carbocycles. The summed E-state index contributed by atoms with van der Waals surface area (Å²) in [5.74, 6) is -0.229. The molecule has 0 aliphatic heterocycles. The molecule has 24 heavy (non-hydrogen) atoms. The van der Waals surface area contributed by atoms with E-state index in [0.29, 0.717) is 25.9 Å². The van der Waals surface area contributed by atoms with Gasteiger partial charge in [-0.1, -0.05) is 52.6 Å². The van der Waals surface area contributed by atoms with E-state index in [9.17, 15) is 4.79 Å². The molecule has 0 bridgehead atoms. The van der Waals surface area contributed by atoms with Crippen molar-refractivity contribution in [1.82, 2.24) is 14.6 Å². The zero-order chi connectivity index (χ0) is 17.3. The van der Waals surface area contributed by atoms with Crippen LogP contribution in [0.1, 0.15) is 6.92 Å². The number of carbonyl (C=O) groups is 1. The highest BCUT2D eigenvalue weighted by molar-refractivity contribution is 8.00. The molecule has 0 fully saturated rings. The van der Waals surface area contributed by atoms with Crippen LogP contribution in [0.2, 0.25) is 15.1 Å². The van der Waals surface area contributed by atoms with Gasteiger partial charge in [0.25, 0.3) is 0 Å². The van der Waals surface area contributed by atoms with Crippen molar-refractivity contribution in [3.63, 3.8) is 0 Å². The molecule has 3 rings (SSSR count). The van der Waals surface area contributed by atoms with Gasteiger partial charge in [0.1, 0.15) is 0 Å². The molecule has 0 aliphatic carbocycles. The molecule has 0 spiro atoms. The first-order valence-corrected chi connectivity index (χ1v) is 8.89. The molecule has 2 aromatic heterocycles. The van der Waals surface area contributed by atoms with Crippen LogP contribution in [0.5, 0.6) is 0 Å². The summed E-state index contributed by atoms with van der Waals surface area (Å²) in [6.07, 6.45) is 1.85. The number of halogens is 3. The second-order valence-electron chi connectivity index (χ2n) is 4.91. The maximum Gasteiger partial charge on any atom is 0.237 e. The minimum atomic E-state index is -0.414. The van der Waals surface area contributed by atoms with Crippen molar-refractivity contribution in [2.24, 2.45) is 0 Å². The van der Waals surface area contributed by atoms with Crippen molar-refractivity contribution in [3.05, 3.63) is 51.6 Å². The predicted octanol–water partition coefficient (Wildman–Crippen LogP) is 4.81. The lowest BCUT2D eigenvalue weighted by molar-refractivity contribution is -0.115. The second-order valence-corrected chi connectivity index (χ2v) is 7.44. The molecule has 1 unspecified atom stereocenters. The Labute approximate surface area is 157 Å². The van der Waals surface area contributed by atoms with Crippen LogP contribution in [0, 0.1) is 0 Å². The maximum absolute atomic E-state index is 12.4. The van der Waals surface area contributed by atoms with Gasteiger partial charge in [0, 0.05) is 6.20 Å². The maximum atomic E-state index is 12.4. The smallest absolute Gasteiger partial charge is 0.237 e. The van der Waals surface area contributed by atoms with Crippen LogP contribution < -0.4 is 5.32 Å². The number of nitrogens with zero attached hydrogens (tertiary/aromatic N) is 3. The summed E-state index contributed by atoms with van der Waals surface area (Å²) in [4.78, 5) is 12.4. The van der Waals surface area contributed by atoms with E-state index in [-0.39, 0.29) is 5.91 Å². The summed E-state index contributed by atoms with van der Waals surface area (Å²) in [5, 5.41) is 12.1. The lowest BCUT2D eigenvalue weighted by atomic mass is 10.3. The number of thioether (sulfide) groups is 1. The summed E-state index contributed by atoms with van der Waals surface area (Å²) >= 11 is 19.2. The zero-order valence-electron chi connectivity index (χ0n) is 12.3. The monoisotopic (exact) mass is 400 g/mol. The van der Waals surface area contributed by atoms with E-state index in [2.05, 4.69) is 15.5 Å². The van der Waals surface area contributed by atoms with Gasteiger partial charge in [-0.2, -0.15) is 0 Å². The van der Waals surface area contributed by atoms with E-state index in [4.69, 9.17) is 34.8 Å². The molecule has 0 saturated heterocycles. The lowest BCUT2D eigenvalue weighted by Gasteiger charge is -2.12. The average Bonchev–Trinajstić information content (AvgIpc) is 2.95. The van der Waals surface area contributed by atoms with Gasteiger partial charge in [0.15, 0.2) is 10.8 Å². The molecular weight excluding hydrogens is 391 g/mol. The minimum Gasteiger partial charge on any atom is -0.324 e. The van der Waals surface area contributed by atoms with Crippen LogP contribution in [-0.2, 0) is 4.79 Å². The molecule has 0 saturated carbocycles. The summed E-state index contributed by atoms with van der Waals surface area (Å²) in [6.45, 7) is 1.77. The number of aromatic nitrogens is 3. The first-order chi connectivity index (χ1) is 11.5. The highest BCUT2D eigenvalue weighted by Gasteiger charge is 2.19. The van der Waals surface area contributed by atoms with Crippen molar-refractivity contribution in [3.8, 4) is 0 Å². The first kappa shape index (κ1) is 17.4. The van der Waals surface area contributed by atoms with Gasteiger partial charge in [-0.25, -0.2) is 0 Å². The number of hydrogen-bond acceptors (Lipinski definition) is 4. The lowest BCUT2D eigenvalue weighted by Crippen LogP contribution is -2.22. The minimum absolute atomic E-state index is 0.229. The highest BCUT2D eigenvalue weighted by Crippen LogP contribution is 2.33. The third-order valence-corrected chi connectivity index (χ3v) is 5.29. The number of pyridine rings is 1. The Bertz CT molecular complexity index is 915. The highest BCUT2D eigenvalue weighted by atomic mass is 35.5. The number of rotatable bonds is 4. The number of fused-ring (bicyclic) bond motifs is 1. The first-order valence-electron chi connectivity index (χ1n) is 6.87. The fraction of sp³-hybridized carbons (Fsp3) is 0.133.